The summed E-state index contributed by atoms with van der Waals surface area (Å²) in [6.07, 6.45) is 1.01. The van der Waals surface area contributed by atoms with E-state index in [4.69, 9.17) is 0 Å². The van der Waals surface area contributed by atoms with E-state index in [-0.39, 0.29) is 22.9 Å². The van der Waals surface area contributed by atoms with E-state index in [2.05, 4.69) is 15.3 Å². The van der Waals surface area contributed by atoms with Gasteiger partial charge in [-0.3, -0.25) is 10.1 Å². The Morgan fingerprint density at radius 2 is 2.05 bits per heavy atom. The number of nitro groups is 1. The lowest BCUT2D eigenvalue weighted by atomic mass is 10.1. The van der Waals surface area contributed by atoms with Crippen LogP contribution in [-0.2, 0) is 0 Å². The van der Waals surface area contributed by atoms with E-state index in [0.29, 0.717) is 0 Å². The number of rotatable bonds is 3. The van der Waals surface area contributed by atoms with Crippen LogP contribution in [0.4, 0.5) is 20.4 Å². The van der Waals surface area contributed by atoms with E-state index >= 15 is 0 Å². The van der Waals surface area contributed by atoms with Crippen LogP contribution >= 0.6 is 0 Å². The summed E-state index contributed by atoms with van der Waals surface area (Å²) in [7, 11) is 1.54. The van der Waals surface area contributed by atoms with Crippen molar-refractivity contribution in [3.63, 3.8) is 0 Å². The molecule has 8 heteroatoms. The highest BCUT2D eigenvalue weighted by Gasteiger charge is 2.19. The molecule has 0 saturated carbocycles. The van der Waals surface area contributed by atoms with Gasteiger partial charge in [0.25, 0.3) is 0 Å². The predicted octanol–water partition coefficient (Wildman–Crippen LogP) is 2.37. The van der Waals surface area contributed by atoms with Crippen molar-refractivity contribution in [1.29, 1.82) is 0 Å². The monoisotopic (exact) mass is 266 g/mol. The SMILES string of the molecule is CNc1ncc([N+](=O)[O-])c(-c2ccc(F)c(F)c2)n1. The molecule has 0 unspecified atom stereocenters. The maximum Gasteiger partial charge on any atom is 0.313 e. The first-order chi connectivity index (χ1) is 9.02. The van der Waals surface area contributed by atoms with Gasteiger partial charge >= 0.3 is 5.69 Å². The summed E-state index contributed by atoms with van der Waals surface area (Å²) < 4.78 is 26.0. The van der Waals surface area contributed by atoms with Crippen LogP contribution in [0.2, 0.25) is 0 Å². The minimum atomic E-state index is -1.10. The molecular weight excluding hydrogens is 258 g/mol. The van der Waals surface area contributed by atoms with Crippen LogP contribution in [-0.4, -0.2) is 21.9 Å². The normalized spacial score (nSPS) is 10.3. The Morgan fingerprint density at radius 3 is 2.63 bits per heavy atom. The smallest absolute Gasteiger partial charge is 0.313 e. The molecule has 2 rings (SSSR count). The Kier molecular flexibility index (Phi) is 3.32. The third-order valence-electron chi connectivity index (χ3n) is 2.38. The van der Waals surface area contributed by atoms with Crippen LogP contribution in [0.1, 0.15) is 0 Å². The van der Waals surface area contributed by atoms with Crippen LogP contribution in [0.25, 0.3) is 11.3 Å². The van der Waals surface area contributed by atoms with Gasteiger partial charge in [-0.1, -0.05) is 0 Å². The van der Waals surface area contributed by atoms with Crippen LogP contribution in [0, 0.1) is 21.7 Å². The van der Waals surface area contributed by atoms with Gasteiger partial charge in [-0.2, -0.15) is 0 Å². The van der Waals surface area contributed by atoms with Crippen molar-refractivity contribution in [3.8, 4) is 11.3 Å². The largest absolute Gasteiger partial charge is 0.357 e. The van der Waals surface area contributed by atoms with Gasteiger partial charge in [0.15, 0.2) is 17.3 Å². The minimum absolute atomic E-state index is 0.0803. The lowest BCUT2D eigenvalue weighted by molar-refractivity contribution is -0.384. The molecule has 0 atom stereocenters. The summed E-state index contributed by atoms with van der Waals surface area (Å²) in [5, 5.41) is 13.5. The third-order valence-corrected chi connectivity index (χ3v) is 2.38. The molecule has 0 radical (unpaired) electrons. The third kappa shape index (κ3) is 2.46. The number of nitrogens with one attached hydrogen (secondary N) is 1. The number of aromatic nitrogens is 2. The second-order valence-corrected chi connectivity index (χ2v) is 3.56. The second-order valence-electron chi connectivity index (χ2n) is 3.56. The fourth-order valence-electron chi connectivity index (χ4n) is 1.49. The van der Waals surface area contributed by atoms with Crippen LogP contribution < -0.4 is 5.32 Å². The van der Waals surface area contributed by atoms with Crippen molar-refractivity contribution < 1.29 is 13.7 Å². The van der Waals surface area contributed by atoms with Crippen molar-refractivity contribution in [2.24, 2.45) is 0 Å². The van der Waals surface area contributed by atoms with E-state index in [0.717, 1.165) is 18.3 Å². The van der Waals surface area contributed by atoms with Crippen molar-refractivity contribution in [2.75, 3.05) is 12.4 Å². The van der Waals surface area contributed by atoms with Crippen LogP contribution in [0.15, 0.2) is 24.4 Å². The maximum absolute atomic E-state index is 13.2. The molecule has 0 bridgehead atoms. The van der Waals surface area contributed by atoms with Gasteiger partial charge in [-0.25, -0.2) is 18.7 Å². The standard InChI is InChI=1S/C11H8F2N4O2/c1-14-11-15-5-9(17(18)19)10(16-11)6-2-3-7(12)8(13)4-6/h2-5H,1H3,(H,14,15,16). The van der Waals surface area contributed by atoms with E-state index in [9.17, 15) is 18.9 Å². The van der Waals surface area contributed by atoms with Crippen molar-refractivity contribution >= 4 is 11.6 Å². The number of anilines is 1. The van der Waals surface area contributed by atoms with Crippen molar-refractivity contribution in [3.05, 3.63) is 46.1 Å². The molecule has 0 saturated heterocycles. The van der Waals surface area contributed by atoms with Crippen molar-refractivity contribution in [1.82, 2.24) is 9.97 Å². The fourth-order valence-corrected chi connectivity index (χ4v) is 1.49. The van der Waals surface area contributed by atoms with Gasteiger partial charge in [-0.15, -0.1) is 0 Å². The van der Waals surface area contributed by atoms with E-state index in [1.54, 1.807) is 0 Å². The summed E-state index contributed by atoms with van der Waals surface area (Å²) >= 11 is 0. The Bertz CT molecular complexity index is 649. The molecular formula is C11H8F2N4O2. The molecule has 2 aromatic rings. The molecule has 0 aliphatic heterocycles. The van der Waals surface area contributed by atoms with Crippen LogP contribution in [0.3, 0.4) is 0 Å². The lowest BCUT2D eigenvalue weighted by Gasteiger charge is -2.05. The second kappa shape index (κ2) is 4.92. The molecule has 1 N–H and O–H groups in total. The van der Waals surface area contributed by atoms with Crippen molar-refractivity contribution in [2.45, 2.75) is 0 Å². The van der Waals surface area contributed by atoms with E-state index in [1.807, 2.05) is 0 Å². The average molecular weight is 266 g/mol. The first-order valence-electron chi connectivity index (χ1n) is 5.17. The highest BCUT2D eigenvalue weighted by Crippen LogP contribution is 2.28. The van der Waals surface area contributed by atoms with Gasteiger partial charge in [0.05, 0.1) is 4.92 Å². The summed E-state index contributed by atoms with van der Waals surface area (Å²) in [6, 6.07) is 2.95. The molecule has 19 heavy (non-hydrogen) atoms. The highest BCUT2D eigenvalue weighted by molar-refractivity contribution is 5.69. The fraction of sp³-hybridized carbons (Fsp3) is 0.0909. The Hall–Kier alpha value is -2.64. The quantitative estimate of drug-likeness (QED) is 0.681. The topological polar surface area (TPSA) is 81.0 Å². The number of hydrogen-bond acceptors (Lipinski definition) is 5. The first kappa shape index (κ1) is 12.8. The molecule has 6 nitrogen and oxygen atoms in total. The number of hydrogen-bond donors (Lipinski definition) is 1. The summed E-state index contributed by atoms with van der Waals surface area (Å²) in [4.78, 5) is 17.8. The molecule has 98 valence electrons. The first-order valence-corrected chi connectivity index (χ1v) is 5.17. The zero-order valence-electron chi connectivity index (χ0n) is 9.72. The Balaban J connectivity index is 2.64. The molecule has 1 aromatic heterocycles. The molecule has 1 aromatic carbocycles. The molecule has 0 fully saturated rings. The molecule has 0 aliphatic carbocycles. The zero-order valence-corrected chi connectivity index (χ0v) is 9.72. The van der Waals surface area contributed by atoms with E-state index < -0.39 is 16.6 Å². The number of nitrogens with zero attached hydrogens (tertiary/aromatic N) is 3. The number of halogens is 2. The maximum atomic E-state index is 13.2. The Labute approximate surface area is 106 Å². The molecule has 1 heterocycles. The summed E-state index contributed by atoms with van der Waals surface area (Å²) in [6.45, 7) is 0. The predicted molar refractivity (Wildman–Crippen MR) is 63.6 cm³/mol. The van der Waals surface area contributed by atoms with Gasteiger partial charge in [-0.05, 0) is 18.2 Å². The highest BCUT2D eigenvalue weighted by atomic mass is 19.2. The molecule has 0 aliphatic rings. The molecule has 0 amide bonds. The van der Waals surface area contributed by atoms with Gasteiger partial charge < -0.3 is 5.32 Å². The van der Waals surface area contributed by atoms with Crippen LogP contribution in [0.5, 0.6) is 0 Å². The summed E-state index contributed by atoms with van der Waals surface area (Å²) in [5.74, 6) is -1.99. The lowest BCUT2D eigenvalue weighted by Crippen LogP contribution is -2.02. The van der Waals surface area contributed by atoms with Gasteiger partial charge in [0, 0.05) is 12.6 Å². The summed E-state index contributed by atoms with van der Waals surface area (Å²) in [5.41, 5.74) is -0.363. The minimum Gasteiger partial charge on any atom is -0.357 e. The van der Waals surface area contributed by atoms with Gasteiger partial charge in [0.1, 0.15) is 6.20 Å². The zero-order chi connectivity index (χ0) is 14.0. The molecule has 0 spiro atoms. The average Bonchev–Trinajstić information content (AvgIpc) is 2.41. The van der Waals surface area contributed by atoms with Gasteiger partial charge in [0.2, 0.25) is 5.95 Å². The van der Waals surface area contributed by atoms with E-state index in [1.165, 1.54) is 13.1 Å². The Morgan fingerprint density at radius 1 is 1.32 bits per heavy atom. The number of benzene rings is 1.